The SMILES string of the molecule is CCCc1nc(C)c(C(=O)NCc2ccc(OC)c(OC(F)F)c2)s1. The van der Waals surface area contributed by atoms with Crippen LogP contribution in [0.15, 0.2) is 18.2 Å². The molecule has 2 rings (SSSR count). The number of hydrogen-bond acceptors (Lipinski definition) is 5. The average Bonchev–Trinajstić information content (AvgIpc) is 2.93. The molecule has 0 fully saturated rings. The Morgan fingerprint density at radius 3 is 2.76 bits per heavy atom. The molecule has 0 saturated carbocycles. The molecule has 1 aromatic heterocycles. The summed E-state index contributed by atoms with van der Waals surface area (Å²) in [5, 5.41) is 3.71. The molecule has 2 aromatic rings. The maximum absolute atomic E-state index is 12.5. The van der Waals surface area contributed by atoms with Crippen LogP contribution in [0.2, 0.25) is 0 Å². The molecule has 8 heteroatoms. The van der Waals surface area contributed by atoms with E-state index < -0.39 is 6.61 Å². The van der Waals surface area contributed by atoms with E-state index in [9.17, 15) is 13.6 Å². The first-order valence-electron chi connectivity index (χ1n) is 7.80. The van der Waals surface area contributed by atoms with Crippen molar-refractivity contribution in [2.75, 3.05) is 7.11 Å². The lowest BCUT2D eigenvalue weighted by Gasteiger charge is -2.12. The summed E-state index contributed by atoms with van der Waals surface area (Å²) in [5.74, 6) is -0.0918. The lowest BCUT2D eigenvalue weighted by molar-refractivity contribution is -0.0512. The van der Waals surface area contributed by atoms with Crippen molar-refractivity contribution >= 4 is 17.2 Å². The van der Waals surface area contributed by atoms with Crippen LogP contribution < -0.4 is 14.8 Å². The van der Waals surface area contributed by atoms with Gasteiger partial charge in [-0.2, -0.15) is 8.78 Å². The lowest BCUT2D eigenvalue weighted by Crippen LogP contribution is -2.22. The molecular formula is C17H20F2N2O3S. The van der Waals surface area contributed by atoms with Crippen LogP contribution in [0.25, 0.3) is 0 Å². The largest absolute Gasteiger partial charge is 0.493 e. The number of methoxy groups -OCH3 is 1. The molecule has 0 aliphatic rings. The highest BCUT2D eigenvalue weighted by Crippen LogP contribution is 2.29. The first kappa shape index (κ1) is 19.1. The van der Waals surface area contributed by atoms with Crippen molar-refractivity contribution in [2.24, 2.45) is 0 Å². The van der Waals surface area contributed by atoms with Crippen molar-refractivity contribution in [2.45, 2.75) is 39.8 Å². The van der Waals surface area contributed by atoms with Crippen LogP contribution in [0, 0.1) is 6.92 Å². The Morgan fingerprint density at radius 1 is 1.36 bits per heavy atom. The quantitative estimate of drug-likeness (QED) is 0.764. The summed E-state index contributed by atoms with van der Waals surface area (Å²) in [4.78, 5) is 17.3. The molecule has 0 unspecified atom stereocenters. The minimum atomic E-state index is -2.95. The van der Waals surface area contributed by atoms with Crippen molar-refractivity contribution in [1.82, 2.24) is 10.3 Å². The van der Waals surface area contributed by atoms with Gasteiger partial charge in [0.25, 0.3) is 5.91 Å². The molecule has 1 N–H and O–H groups in total. The zero-order chi connectivity index (χ0) is 18.4. The minimum Gasteiger partial charge on any atom is -0.493 e. The van der Waals surface area contributed by atoms with Gasteiger partial charge < -0.3 is 14.8 Å². The highest BCUT2D eigenvalue weighted by molar-refractivity contribution is 7.13. The molecule has 0 saturated heterocycles. The van der Waals surface area contributed by atoms with Crippen LogP contribution in [-0.2, 0) is 13.0 Å². The highest BCUT2D eigenvalue weighted by atomic mass is 32.1. The van der Waals surface area contributed by atoms with Gasteiger partial charge in [0.1, 0.15) is 4.88 Å². The Morgan fingerprint density at radius 2 is 2.12 bits per heavy atom. The number of carbonyl (C=O) groups excluding carboxylic acids is 1. The van der Waals surface area contributed by atoms with E-state index in [-0.39, 0.29) is 24.0 Å². The number of aryl methyl sites for hydroxylation is 2. The van der Waals surface area contributed by atoms with Crippen molar-refractivity contribution in [3.05, 3.63) is 39.3 Å². The number of amides is 1. The number of aromatic nitrogens is 1. The number of halogens is 2. The normalized spacial score (nSPS) is 10.8. The molecule has 1 amide bonds. The molecule has 136 valence electrons. The van der Waals surface area contributed by atoms with Crippen molar-refractivity contribution in [3.8, 4) is 11.5 Å². The van der Waals surface area contributed by atoms with Gasteiger partial charge >= 0.3 is 6.61 Å². The molecular weight excluding hydrogens is 350 g/mol. The predicted octanol–water partition coefficient (Wildman–Crippen LogP) is 3.94. The predicted molar refractivity (Wildman–Crippen MR) is 91.6 cm³/mol. The lowest BCUT2D eigenvalue weighted by atomic mass is 10.2. The Hall–Kier alpha value is -2.22. The van der Waals surface area contributed by atoms with E-state index in [4.69, 9.17) is 4.74 Å². The molecule has 0 atom stereocenters. The third-order valence-corrected chi connectivity index (χ3v) is 4.62. The van der Waals surface area contributed by atoms with Gasteiger partial charge in [0.05, 0.1) is 17.8 Å². The number of carbonyl (C=O) groups is 1. The molecule has 0 spiro atoms. The van der Waals surface area contributed by atoms with Gasteiger partial charge in [-0.05, 0) is 37.5 Å². The number of hydrogen-bond donors (Lipinski definition) is 1. The van der Waals surface area contributed by atoms with Crippen LogP contribution in [0.3, 0.4) is 0 Å². The molecule has 0 aliphatic carbocycles. The van der Waals surface area contributed by atoms with E-state index in [1.165, 1.54) is 30.6 Å². The zero-order valence-corrected chi connectivity index (χ0v) is 15.1. The minimum absolute atomic E-state index is 0.0662. The average molecular weight is 370 g/mol. The van der Waals surface area contributed by atoms with Crippen LogP contribution in [0.5, 0.6) is 11.5 Å². The van der Waals surface area contributed by atoms with Crippen molar-refractivity contribution in [1.29, 1.82) is 0 Å². The Balaban J connectivity index is 2.06. The number of benzene rings is 1. The summed E-state index contributed by atoms with van der Waals surface area (Å²) < 4.78 is 34.3. The van der Waals surface area contributed by atoms with E-state index in [2.05, 4.69) is 22.0 Å². The van der Waals surface area contributed by atoms with E-state index >= 15 is 0 Å². The van der Waals surface area contributed by atoms with Gasteiger partial charge in [0.2, 0.25) is 0 Å². The highest BCUT2D eigenvalue weighted by Gasteiger charge is 2.16. The second-order valence-electron chi connectivity index (χ2n) is 5.32. The molecule has 25 heavy (non-hydrogen) atoms. The second-order valence-corrected chi connectivity index (χ2v) is 6.40. The molecule has 1 heterocycles. The van der Waals surface area contributed by atoms with Gasteiger partial charge in [0.15, 0.2) is 11.5 Å². The van der Waals surface area contributed by atoms with E-state index in [1.54, 1.807) is 13.0 Å². The monoisotopic (exact) mass is 370 g/mol. The second kappa shape index (κ2) is 8.75. The zero-order valence-electron chi connectivity index (χ0n) is 14.3. The van der Waals surface area contributed by atoms with E-state index in [0.717, 1.165) is 17.8 Å². The van der Waals surface area contributed by atoms with E-state index in [0.29, 0.717) is 16.1 Å². The van der Waals surface area contributed by atoms with Crippen molar-refractivity contribution < 1.29 is 23.0 Å². The summed E-state index contributed by atoms with van der Waals surface area (Å²) in [7, 11) is 1.37. The molecule has 0 aliphatic heterocycles. The number of nitrogens with one attached hydrogen (secondary N) is 1. The molecule has 1 aromatic carbocycles. The Labute approximate surface area is 149 Å². The fourth-order valence-corrected chi connectivity index (χ4v) is 3.35. The van der Waals surface area contributed by atoms with Gasteiger partial charge in [0, 0.05) is 6.54 Å². The fourth-order valence-electron chi connectivity index (χ4n) is 2.27. The number of alkyl halides is 2. The number of thiazole rings is 1. The summed E-state index contributed by atoms with van der Waals surface area (Å²) in [6, 6.07) is 4.63. The topological polar surface area (TPSA) is 60.5 Å². The smallest absolute Gasteiger partial charge is 0.387 e. The van der Waals surface area contributed by atoms with Gasteiger partial charge in [-0.15, -0.1) is 11.3 Å². The van der Waals surface area contributed by atoms with Crippen LogP contribution in [0.1, 0.15) is 39.3 Å². The van der Waals surface area contributed by atoms with E-state index in [1.807, 2.05) is 0 Å². The van der Waals surface area contributed by atoms with Crippen LogP contribution in [0.4, 0.5) is 8.78 Å². The third-order valence-electron chi connectivity index (χ3n) is 3.41. The summed E-state index contributed by atoms with van der Waals surface area (Å²) >= 11 is 1.38. The van der Waals surface area contributed by atoms with Crippen molar-refractivity contribution in [3.63, 3.8) is 0 Å². The third kappa shape index (κ3) is 5.12. The number of ether oxygens (including phenoxy) is 2. The number of rotatable bonds is 8. The molecule has 0 radical (unpaired) electrons. The first-order chi connectivity index (χ1) is 11.9. The number of nitrogens with zero attached hydrogens (tertiary/aromatic N) is 1. The van der Waals surface area contributed by atoms with Gasteiger partial charge in [-0.25, -0.2) is 4.98 Å². The Kier molecular flexibility index (Phi) is 6.69. The first-order valence-corrected chi connectivity index (χ1v) is 8.62. The summed E-state index contributed by atoms with van der Waals surface area (Å²) in [6.07, 6.45) is 1.80. The van der Waals surface area contributed by atoms with Crippen LogP contribution in [-0.4, -0.2) is 24.6 Å². The maximum Gasteiger partial charge on any atom is 0.387 e. The molecule has 5 nitrogen and oxygen atoms in total. The van der Waals surface area contributed by atoms with Crippen LogP contribution >= 0.6 is 11.3 Å². The van der Waals surface area contributed by atoms with Gasteiger partial charge in [-0.1, -0.05) is 13.0 Å². The summed E-state index contributed by atoms with van der Waals surface area (Å²) in [5.41, 5.74) is 1.32. The maximum atomic E-state index is 12.5. The van der Waals surface area contributed by atoms with Gasteiger partial charge in [-0.3, -0.25) is 4.79 Å². The fraction of sp³-hybridized carbons (Fsp3) is 0.412. The standard InChI is InChI=1S/C17H20F2N2O3S/c1-4-5-14-21-10(2)15(25-14)16(22)20-9-11-6-7-12(23-3)13(8-11)24-17(18)19/h6-8,17H,4-5,9H2,1-3H3,(H,20,22). The molecule has 0 bridgehead atoms. The Bertz CT molecular complexity index is 735. The summed E-state index contributed by atoms with van der Waals surface area (Å²) in [6.45, 7) is 1.09.